The van der Waals surface area contributed by atoms with Gasteiger partial charge in [-0.1, -0.05) is 6.58 Å². The van der Waals surface area contributed by atoms with Gasteiger partial charge in [-0.2, -0.15) is 0 Å². The predicted octanol–water partition coefficient (Wildman–Crippen LogP) is -1.95. The van der Waals surface area contributed by atoms with Crippen LogP contribution in [0.5, 0.6) is 0 Å². The van der Waals surface area contributed by atoms with Gasteiger partial charge in [-0.05, 0) is 6.92 Å². The highest BCUT2D eigenvalue weighted by Crippen LogP contribution is 2.20. The molecule has 0 saturated carbocycles. The van der Waals surface area contributed by atoms with E-state index in [1.807, 2.05) is 0 Å². The van der Waals surface area contributed by atoms with Gasteiger partial charge in [0.05, 0.1) is 0 Å². The van der Waals surface area contributed by atoms with Gasteiger partial charge in [0, 0.05) is 12.5 Å². The Morgan fingerprint density at radius 1 is 1.25 bits per heavy atom. The molecule has 0 aromatic heterocycles. The van der Waals surface area contributed by atoms with E-state index in [2.05, 4.69) is 11.9 Å². The van der Waals surface area contributed by atoms with E-state index >= 15 is 0 Å². The second-order valence-electron chi connectivity index (χ2n) is 4.65. The first-order valence-electron chi connectivity index (χ1n) is 6.03. The van der Waals surface area contributed by atoms with Crippen molar-refractivity contribution in [3.8, 4) is 0 Å². The van der Waals surface area contributed by atoms with E-state index in [1.54, 1.807) is 0 Å². The van der Waals surface area contributed by atoms with E-state index in [0.29, 0.717) is 0 Å². The molecule has 1 aliphatic rings. The normalized spacial score (nSPS) is 33.4. The van der Waals surface area contributed by atoms with E-state index < -0.39 is 42.5 Å². The third-order valence-electron chi connectivity index (χ3n) is 2.82. The minimum atomic E-state index is -1.52. The molecule has 1 amide bonds. The predicted molar refractivity (Wildman–Crippen MR) is 66.3 cm³/mol. The van der Waals surface area contributed by atoms with E-state index in [9.17, 15) is 24.9 Å². The minimum Gasteiger partial charge on any atom is -0.459 e. The summed E-state index contributed by atoms with van der Waals surface area (Å²) >= 11 is 0. The summed E-state index contributed by atoms with van der Waals surface area (Å²) in [5, 5.41) is 31.6. The van der Waals surface area contributed by atoms with Crippen molar-refractivity contribution in [2.75, 3.05) is 6.61 Å². The molecule has 0 spiro atoms. The third kappa shape index (κ3) is 4.01. The molecule has 1 saturated heterocycles. The Balaban J connectivity index is 2.63. The number of hydrogen-bond donors (Lipinski definition) is 4. The van der Waals surface area contributed by atoms with Gasteiger partial charge in [0.15, 0.2) is 6.29 Å². The van der Waals surface area contributed by atoms with Crippen molar-refractivity contribution < 1.29 is 34.4 Å². The van der Waals surface area contributed by atoms with Crippen LogP contribution < -0.4 is 5.32 Å². The van der Waals surface area contributed by atoms with Gasteiger partial charge in [-0.25, -0.2) is 4.79 Å². The maximum absolute atomic E-state index is 11.2. The van der Waals surface area contributed by atoms with Gasteiger partial charge in [0.25, 0.3) is 0 Å². The van der Waals surface area contributed by atoms with Crippen LogP contribution in [0.4, 0.5) is 0 Å². The van der Waals surface area contributed by atoms with E-state index in [-0.39, 0.29) is 12.2 Å². The lowest BCUT2D eigenvalue weighted by molar-refractivity contribution is -0.255. The van der Waals surface area contributed by atoms with Crippen molar-refractivity contribution in [3.63, 3.8) is 0 Å². The Hall–Kier alpha value is -1.48. The number of aliphatic hydroxyl groups excluding tert-OH is 3. The lowest BCUT2D eigenvalue weighted by Gasteiger charge is -2.40. The quantitative estimate of drug-likeness (QED) is 0.350. The molecule has 0 aromatic carbocycles. The van der Waals surface area contributed by atoms with E-state index in [4.69, 9.17) is 9.47 Å². The highest BCUT2D eigenvalue weighted by molar-refractivity contribution is 5.86. The summed E-state index contributed by atoms with van der Waals surface area (Å²) in [7, 11) is 0. The Labute approximate surface area is 116 Å². The molecule has 1 heterocycles. The number of ether oxygens (including phenoxy) is 2. The summed E-state index contributed by atoms with van der Waals surface area (Å²) in [4.78, 5) is 22.2. The number of esters is 1. The molecular formula is C12H19NO7. The standard InChI is InChI=1S/C12H19NO7/c1-5(2)11(17)19-4-7-9(15)10(16)8(12(18)20-7)13-6(3)14/h7-10,12,15-16,18H,1,4H2,2-3H3,(H,13,14)/t7?,8?,9-,10?,12-/m1/s1. The highest BCUT2D eigenvalue weighted by atomic mass is 16.6. The lowest BCUT2D eigenvalue weighted by Crippen LogP contribution is -2.64. The van der Waals surface area contributed by atoms with Crippen LogP contribution in [0.25, 0.3) is 0 Å². The van der Waals surface area contributed by atoms with Gasteiger partial charge >= 0.3 is 5.97 Å². The molecule has 20 heavy (non-hydrogen) atoms. The van der Waals surface area contributed by atoms with Gasteiger partial charge < -0.3 is 30.1 Å². The summed E-state index contributed by atoms with van der Waals surface area (Å²) in [6, 6.07) is -1.16. The van der Waals surface area contributed by atoms with Crippen LogP contribution in [0.1, 0.15) is 13.8 Å². The van der Waals surface area contributed by atoms with Crippen molar-refractivity contribution >= 4 is 11.9 Å². The van der Waals surface area contributed by atoms with Crippen LogP contribution in [0.2, 0.25) is 0 Å². The summed E-state index contributed by atoms with van der Waals surface area (Å²) in [5.41, 5.74) is 0.174. The zero-order chi connectivity index (χ0) is 15.4. The molecule has 8 nitrogen and oxygen atoms in total. The Morgan fingerprint density at radius 2 is 1.85 bits per heavy atom. The highest BCUT2D eigenvalue weighted by Gasteiger charge is 2.44. The first-order valence-corrected chi connectivity index (χ1v) is 6.03. The van der Waals surface area contributed by atoms with E-state index in [1.165, 1.54) is 13.8 Å². The number of amides is 1. The first kappa shape index (κ1) is 16.6. The van der Waals surface area contributed by atoms with Crippen LogP contribution in [-0.2, 0) is 19.1 Å². The van der Waals surface area contributed by atoms with Gasteiger partial charge in [-0.15, -0.1) is 0 Å². The Kier molecular flexibility index (Phi) is 5.63. The van der Waals surface area contributed by atoms with Crippen molar-refractivity contribution in [2.24, 2.45) is 0 Å². The van der Waals surface area contributed by atoms with E-state index in [0.717, 1.165) is 0 Å². The zero-order valence-corrected chi connectivity index (χ0v) is 11.3. The molecule has 0 aliphatic carbocycles. The largest absolute Gasteiger partial charge is 0.459 e. The molecule has 1 rings (SSSR count). The molecule has 1 aliphatic heterocycles. The number of nitrogens with one attached hydrogen (secondary N) is 1. The molecular weight excluding hydrogens is 270 g/mol. The third-order valence-corrected chi connectivity index (χ3v) is 2.82. The van der Waals surface area contributed by atoms with Crippen LogP contribution in [0.15, 0.2) is 12.2 Å². The Morgan fingerprint density at radius 3 is 2.35 bits per heavy atom. The molecule has 114 valence electrons. The molecule has 4 N–H and O–H groups in total. The second-order valence-corrected chi connectivity index (χ2v) is 4.65. The fourth-order valence-corrected chi connectivity index (χ4v) is 1.76. The minimum absolute atomic E-state index is 0.174. The van der Waals surface area contributed by atoms with Crippen molar-refractivity contribution in [2.45, 2.75) is 44.5 Å². The van der Waals surface area contributed by atoms with Gasteiger partial charge in [-0.3, -0.25) is 4.79 Å². The SMILES string of the molecule is C=C(C)C(=O)OCC1O[C@@H](O)C(NC(C)=O)C(O)[C@@H]1O. The average Bonchev–Trinajstić information content (AvgIpc) is 2.36. The van der Waals surface area contributed by atoms with Gasteiger partial charge in [0.2, 0.25) is 5.91 Å². The lowest BCUT2D eigenvalue weighted by atomic mass is 9.97. The smallest absolute Gasteiger partial charge is 0.333 e. The average molecular weight is 289 g/mol. The number of carbonyl (C=O) groups excluding carboxylic acids is 2. The van der Waals surface area contributed by atoms with Crippen molar-refractivity contribution in [1.29, 1.82) is 0 Å². The molecule has 0 radical (unpaired) electrons. The maximum atomic E-state index is 11.2. The molecule has 0 bridgehead atoms. The first-order chi connectivity index (χ1) is 9.23. The Bertz CT molecular complexity index is 397. The number of carbonyl (C=O) groups is 2. The monoisotopic (exact) mass is 289 g/mol. The van der Waals surface area contributed by atoms with Crippen molar-refractivity contribution in [3.05, 3.63) is 12.2 Å². The van der Waals surface area contributed by atoms with Crippen LogP contribution >= 0.6 is 0 Å². The molecule has 0 aromatic rings. The molecule has 3 unspecified atom stereocenters. The zero-order valence-electron chi connectivity index (χ0n) is 11.3. The molecule has 1 fully saturated rings. The number of aliphatic hydroxyl groups is 3. The number of hydrogen-bond acceptors (Lipinski definition) is 7. The van der Waals surface area contributed by atoms with Crippen LogP contribution in [0.3, 0.4) is 0 Å². The van der Waals surface area contributed by atoms with Crippen LogP contribution in [-0.4, -0.2) is 64.4 Å². The van der Waals surface area contributed by atoms with Crippen LogP contribution in [0, 0.1) is 0 Å². The summed E-state index contributed by atoms with van der Waals surface area (Å²) in [6.07, 6.45) is -5.50. The van der Waals surface area contributed by atoms with Gasteiger partial charge in [0.1, 0.15) is 31.0 Å². The molecule has 8 heteroatoms. The topological polar surface area (TPSA) is 125 Å². The number of rotatable bonds is 4. The summed E-state index contributed by atoms with van der Waals surface area (Å²) < 4.78 is 9.83. The fraction of sp³-hybridized carbons (Fsp3) is 0.667. The summed E-state index contributed by atoms with van der Waals surface area (Å²) in [5.74, 6) is -1.16. The second kappa shape index (κ2) is 6.80. The van der Waals surface area contributed by atoms with Crippen molar-refractivity contribution in [1.82, 2.24) is 5.32 Å². The summed E-state index contributed by atoms with van der Waals surface area (Å²) in [6.45, 7) is 5.69. The fourth-order valence-electron chi connectivity index (χ4n) is 1.76. The molecule has 5 atom stereocenters. The maximum Gasteiger partial charge on any atom is 0.333 e.